The summed E-state index contributed by atoms with van der Waals surface area (Å²) in [6.07, 6.45) is 2.81. The van der Waals surface area contributed by atoms with E-state index in [0.717, 1.165) is 41.7 Å². The Morgan fingerprint density at radius 1 is 1.47 bits per heavy atom. The van der Waals surface area contributed by atoms with Crippen LogP contribution in [0.2, 0.25) is 0 Å². The number of ether oxygens (including phenoxy) is 1. The quantitative estimate of drug-likeness (QED) is 0.833. The largest absolute Gasteiger partial charge is 0.491 e. The Hall–Kier alpha value is -1.05. The lowest BCUT2D eigenvalue weighted by atomic mass is 10.1. The van der Waals surface area contributed by atoms with Gasteiger partial charge in [0, 0.05) is 23.9 Å². The summed E-state index contributed by atoms with van der Waals surface area (Å²) in [5, 5.41) is 12.2. The summed E-state index contributed by atoms with van der Waals surface area (Å²) >= 11 is 3.55. The number of halogens is 1. The molecule has 1 aliphatic carbocycles. The second-order valence-electron chi connectivity index (χ2n) is 5.13. The molecule has 0 radical (unpaired) electrons. The van der Waals surface area contributed by atoms with E-state index >= 15 is 0 Å². The van der Waals surface area contributed by atoms with Crippen molar-refractivity contribution in [1.82, 2.24) is 5.32 Å². The predicted octanol–water partition coefficient (Wildman–Crippen LogP) is 3.63. The molecule has 2 rings (SSSR count). The summed E-state index contributed by atoms with van der Waals surface area (Å²) in [5.74, 6) is 0.910. The summed E-state index contributed by atoms with van der Waals surface area (Å²) in [6, 6.07) is 8.36. The van der Waals surface area contributed by atoms with Crippen molar-refractivity contribution in [1.29, 1.82) is 5.26 Å². The molecule has 0 saturated heterocycles. The number of hydrogen-bond acceptors (Lipinski definition) is 3. The minimum atomic E-state index is 0.111. The number of nitriles is 1. The SMILES string of the molecule is CCNCc1cccc(Br)c1OCC1(CC#N)CC1. The van der Waals surface area contributed by atoms with Gasteiger partial charge in [-0.1, -0.05) is 19.1 Å². The highest BCUT2D eigenvalue weighted by atomic mass is 79.9. The van der Waals surface area contributed by atoms with Gasteiger partial charge in [-0.05, 0) is 41.4 Å². The Kier molecular flexibility index (Phi) is 4.84. The lowest BCUT2D eigenvalue weighted by Crippen LogP contribution is -2.16. The Morgan fingerprint density at radius 3 is 2.89 bits per heavy atom. The summed E-state index contributed by atoms with van der Waals surface area (Å²) in [6.45, 7) is 4.47. The Bertz CT molecular complexity index is 478. The average molecular weight is 323 g/mol. The molecule has 0 aliphatic heterocycles. The summed E-state index contributed by atoms with van der Waals surface area (Å²) in [5.41, 5.74) is 1.27. The third kappa shape index (κ3) is 3.71. The van der Waals surface area contributed by atoms with Crippen LogP contribution in [-0.4, -0.2) is 13.2 Å². The molecular weight excluding hydrogens is 304 g/mol. The fraction of sp³-hybridized carbons (Fsp3) is 0.533. The van der Waals surface area contributed by atoms with Crippen LogP contribution in [0, 0.1) is 16.7 Å². The van der Waals surface area contributed by atoms with Crippen LogP contribution in [0.1, 0.15) is 31.7 Å². The van der Waals surface area contributed by atoms with E-state index in [0.29, 0.717) is 13.0 Å². The number of rotatable bonds is 7. The standard InChI is InChI=1S/C15H19BrN2O/c1-2-18-10-12-4-3-5-13(16)14(12)19-11-15(6-7-15)8-9-17/h3-5,18H,2,6-8,10-11H2,1H3. The number of benzene rings is 1. The molecule has 0 amide bonds. The minimum absolute atomic E-state index is 0.111. The molecule has 1 N–H and O–H groups in total. The second kappa shape index (κ2) is 6.40. The first-order chi connectivity index (χ1) is 9.21. The molecule has 1 aliphatic rings. The lowest BCUT2D eigenvalue weighted by molar-refractivity contribution is 0.233. The van der Waals surface area contributed by atoms with Crippen molar-refractivity contribution in [2.45, 2.75) is 32.7 Å². The molecule has 1 aromatic carbocycles. The number of para-hydroxylation sites is 1. The van der Waals surface area contributed by atoms with Crippen LogP contribution in [0.5, 0.6) is 5.75 Å². The summed E-state index contributed by atoms with van der Waals surface area (Å²) in [7, 11) is 0. The van der Waals surface area contributed by atoms with Gasteiger partial charge in [0.25, 0.3) is 0 Å². The topological polar surface area (TPSA) is 45.0 Å². The van der Waals surface area contributed by atoms with Crippen LogP contribution < -0.4 is 10.1 Å². The monoisotopic (exact) mass is 322 g/mol. The molecule has 3 nitrogen and oxygen atoms in total. The highest BCUT2D eigenvalue weighted by molar-refractivity contribution is 9.10. The van der Waals surface area contributed by atoms with Gasteiger partial charge in [-0.25, -0.2) is 0 Å². The summed E-state index contributed by atoms with van der Waals surface area (Å²) in [4.78, 5) is 0. The zero-order chi connectivity index (χ0) is 13.7. The van der Waals surface area contributed by atoms with Gasteiger partial charge in [0.1, 0.15) is 5.75 Å². The van der Waals surface area contributed by atoms with Crippen molar-refractivity contribution in [2.24, 2.45) is 5.41 Å². The van der Waals surface area contributed by atoms with E-state index in [4.69, 9.17) is 10.00 Å². The molecule has 1 saturated carbocycles. The van der Waals surface area contributed by atoms with Gasteiger partial charge in [-0.3, -0.25) is 0 Å². The van der Waals surface area contributed by atoms with Crippen LogP contribution in [-0.2, 0) is 6.54 Å². The maximum absolute atomic E-state index is 8.84. The van der Waals surface area contributed by atoms with E-state index in [1.54, 1.807) is 0 Å². The van der Waals surface area contributed by atoms with Crippen molar-refractivity contribution >= 4 is 15.9 Å². The van der Waals surface area contributed by atoms with Gasteiger partial charge < -0.3 is 10.1 Å². The maximum atomic E-state index is 8.84. The summed E-state index contributed by atoms with van der Waals surface area (Å²) < 4.78 is 6.99. The van der Waals surface area contributed by atoms with Gasteiger partial charge >= 0.3 is 0 Å². The molecule has 4 heteroatoms. The molecule has 0 aromatic heterocycles. The van der Waals surface area contributed by atoms with Crippen molar-refractivity contribution < 1.29 is 4.74 Å². The molecule has 0 heterocycles. The van der Waals surface area contributed by atoms with Gasteiger partial charge in [-0.15, -0.1) is 0 Å². The molecule has 19 heavy (non-hydrogen) atoms. The van der Waals surface area contributed by atoms with Crippen molar-refractivity contribution in [3.63, 3.8) is 0 Å². The van der Waals surface area contributed by atoms with Gasteiger partial charge in [0.15, 0.2) is 0 Å². The number of hydrogen-bond donors (Lipinski definition) is 1. The first-order valence-electron chi connectivity index (χ1n) is 6.68. The first kappa shape index (κ1) is 14.4. The predicted molar refractivity (Wildman–Crippen MR) is 78.9 cm³/mol. The molecule has 0 spiro atoms. The molecule has 0 atom stereocenters. The Morgan fingerprint density at radius 2 is 2.26 bits per heavy atom. The van der Waals surface area contributed by atoms with Crippen LogP contribution >= 0.6 is 15.9 Å². The van der Waals surface area contributed by atoms with E-state index in [2.05, 4.69) is 40.3 Å². The second-order valence-corrected chi connectivity index (χ2v) is 5.99. The first-order valence-corrected chi connectivity index (χ1v) is 7.48. The number of nitrogens with one attached hydrogen (secondary N) is 1. The van der Waals surface area contributed by atoms with E-state index in [9.17, 15) is 0 Å². The van der Waals surface area contributed by atoms with Crippen molar-refractivity contribution in [3.8, 4) is 11.8 Å². The number of nitrogens with zero attached hydrogens (tertiary/aromatic N) is 1. The molecule has 102 valence electrons. The van der Waals surface area contributed by atoms with Gasteiger partial charge in [0.2, 0.25) is 0 Å². The molecule has 0 bridgehead atoms. The van der Waals surface area contributed by atoms with E-state index in [1.807, 2.05) is 12.1 Å². The molecule has 1 aromatic rings. The zero-order valence-corrected chi connectivity index (χ0v) is 12.8. The Balaban J connectivity index is 2.04. The lowest BCUT2D eigenvalue weighted by Gasteiger charge is -2.17. The third-order valence-electron chi connectivity index (χ3n) is 3.55. The van der Waals surface area contributed by atoms with E-state index < -0.39 is 0 Å². The van der Waals surface area contributed by atoms with E-state index in [-0.39, 0.29) is 5.41 Å². The van der Waals surface area contributed by atoms with Crippen LogP contribution in [0.3, 0.4) is 0 Å². The Labute approximate surface area is 123 Å². The normalized spacial score (nSPS) is 15.8. The van der Waals surface area contributed by atoms with Gasteiger partial charge in [0.05, 0.1) is 17.1 Å². The van der Waals surface area contributed by atoms with Crippen LogP contribution in [0.25, 0.3) is 0 Å². The molecular formula is C15H19BrN2O. The van der Waals surface area contributed by atoms with E-state index in [1.165, 1.54) is 0 Å². The zero-order valence-electron chi connectivity index (χ0n) is 11.2. The smallest absolute Gasteiger partial charge is 0.137 e. The van der Waals surface area contributed by atoms with Crippen molar-refractivity contribution in [3.05, 3.63) is 28.2 Å². The van der Waals surface area contributed by atoms with Crippen LogP contribution in [0.15, 0.2) is 22.7 Å². The third-order valence-corrected chi connectivity index (χ3v) is 4.17. The fourth-order valence-electron chi connectivity index (χ4n) is 2.06. The van der Waals surface area contributed by atoms with Crippen LogP contribution in [0.4, 0.5) is 0 Å². The highest BCUT2D eigenvalue weighted by Crippen LogP contribution is 2.49. The fourth-order valence-corrected chi connectivity index (χ4v) is 2.58. The highest BCUT2D eigenvalue weighted by Gasteiger charge is 2.43. The average Bonchev–Trinajstić information content (AvgIpc) is 3.16. The minimum Gasteiger partial charge on any atom is -0.491 e. The van der Waals surface area contributed by atoms with Gasteiger partial charge in [-0.2, -0.15) is 5.26 Å². The van der Waals surface area contributed by atoms with Crippen molar-refractivity contribution in [2.75, 3.05) is 13.2 Å². The maximum Gasteiger partial charge on any atom is 0.137 e. The molecule has 1 fully saturated rings. The molecule has 0 unspecified atom stereocenters.